The quantitative estimate of drug-likeness (QED) is 0.741. The first-order chi connectivity index (χ1) is 6.16. The van der Waals surface area contributed by atoms with Crippen molar-refractivity contribution in [2.45, 2.75) is 25.3 Å². The van der Waals surface area contributed by atoms with Gasteiger partial charge in [0.25, 0.3) is 0 Å². The lowest BCUT2D eigenvalue weighted by atomic mass is 10.3. The molecule has 3 nitrogen and oxygen atoms in total. The molecule has 0 radical (unpaired) electrons. The molecule has 1 saturated carbocycles. The molecule has 0 aliphatic heterocycles. The summed E-state index contributed by atoms with van der Waals surface area (Å²) in [5.41, 5.74) is 5.03. The van der Waals surface area contributed by atoms with Gasteiger partial charge in [-0.15, -0.1) is 11.3 Å². The molecule has 2 rings (SSSR count). The third-order valence-electron chi connectivity index (χ3n) is 2.24. The molecule has 2 atom stereocenters. The minimum atomic E-state index is -0.416. The fourth-order valence-electron chi connectivity index (χ4n) is 1.50. The number of primary amides is 1. The molecule has 70 valence electrons. The molecule has 1 aromatic rings. The molecule has 1 aliphatic carbocycles. The summed E-state index contributed by atoms with van der Waals surface area (Å²) in [6.07, 6.45) is 1.03. The average Bonchev–Trinajstić information content (AvgIpc) is 2.63. The van der Waals surface area contributed by atoms with E-state index in [0.29, 0.717) is 5.92 Å². The minimum Gasteiger partial charge on any atom is -0.352 e. The van der Waals surface area contributed by atoms with Crippen LogP contribution in [-0.2, 0) is 0 Å². The van der Waals surface area contributed by atoms with Gasteiger partial charge in [-0.25, -0.2) is 4.79 Å². The highest BCUT2D eigenvalue weighted by molar-refractivity contribution is 7.12. The number of hydrogen-bond donors (Lipinski definition) is 2. The van der Waals surface area contributed by atoms with E-state index in [-0.39, 0.29) is 6.04 Å². The number of nitrogens with two attached hydrogens (primary N) is 1. The number of aryl methyl sites for hydroxylation is 1. The van der Waals surface area contributed by atoms with Gasteiger partial charge in [-0.2, -0.15) is 0 Å². The summed E-state index contributed by atoms with van der Waals surface area (Å²) in [5, 5.41) is 2.72. The number of thiophene rings is 1. The highest BCUT2D eigenvalue weighted by Crippen LogP contribution is 2.43. The van der Waals surface area contributed by atoms with E-state index in [0.717, 1.165) is 6.42 Å². The lowest BCUT2D eigenvalue weighted by molar-refractivity contribution is 0.248. The number of rotatable bonds is 2. The van der Waals surface area contributed by atoms with Crippen molar-refractivity contribution in [1.82, 2.24) is 5.32 Å². The van der Waals surface area contributed by atoms with Crippen molar-refractivity contribution in [1.29, 1.82) is 0 Å². The Morgan fingerprint density at radius 3 is 3.00 bits per heavy atom. The molecule has 2 unspecified atom stereocenters. The second kappa shape index (κ2) is 3.03. The zero-order chi connectivity index (χ0) is 9.42. The van der Waals surface area contributed by atoms with Gasteiger partial charge in [0.1, 0.15) is 0 Å². The van der Waals surface area contributed by atoms with Gasteiger partial charge in [0, 0.05) is 21.7 Å². The van der Waals surface area contributed by atoms with E-state index >= 15 is 0 Å². The van der Waals surface area contributed by atoms with Crippen LogP contribution in [0.5, 0.6) is 0 Å². The van der Waals surface area contributed by atoms with Crippen LogP contribution in [0.3, 0.4) is 0 Å². The second-order valence-electron chi connectivity index (χ2n) is 3.41. The summed E-state index contributed by atoms with van der Waals surface area (Å²) in [6, 6.07) is 4.10. The van der Waals surface area contributed by atoms with Gasteiger partial charge in [-0.05, 0) is 25.5 Å². The number of carbonyl (C=O) groups excluding carboxylic acids is 1. The van der Waals surface area contributed by atoms with Crippen LogP contribution in [0.25, 0.3) is 0 Å². The van der Waals surface area contributed by atoms with E-state index in [1.165, 1.54) is 9.75 Å². The second-order valence-corrected chi connectivity index (χ2v) is 4.73. The largest absolute Gasteiger partial charge is 0.352 e. The molecule has 1 fully saturated rings. The zero-order valence-electron chi connectivity index (χ0n) is 7.41. The molecular formula is C9H12N2OS. The summed E-state index contributed by atoms with van der Waals surface area (Å²) in [4.78, 5) is 13.2. The van der Waals surface area contributed by atoms with Crippen LogP contribution in [0.15, 0.2) is 12.1 Å². The van der Waals surface area contributed by atoms with E-state index in [1.54, 1.807) is 11.3 Å². The van der Waals surface area contributed by atoms with Crippen molar-refractivity contribution in [2.24, 2.45) is 5.73 Å². The van der Waals surface area contributed by atoms with Gasteiger partial charge in [0.05, 0.1) is 0 Å². The van der Waals surface area contributed by atoms with Crippen LogP contribution in [0, 0.1) is 6.92 Å². The first-order valence-electron chi connectivity index (χ1n) is 4.29. The lowest BCUT2D eigenvalue weighted by Crippen LogP contribution is -2.31. The van der Waals surface area contributed by atoms with E-state index in [2.05, 4.69) is 24.4 Å². The molecule has 0 saturated heterocycles. The molecule has 1 aromatic heterocycles. The number of amides is 2. The predicted octanol–water partition coefficient (Wildman–Crippen LogP) is 1.58. The highest BCUT2D eigenvalue weighted by Gasteiger charge is 2.39. The van der Waals surface area contributed by atoms with Crippen LogP contribution in [-0.4, -0.2) is 12.1 Å². The van der Waals surface area contributed by atoms with Gasteiger partial charge in [-0.3, -0.25) is 0 Å². The molecular weight excluding hydrogens is 184 g/mol. The summed E-state index contributed by atoms with van der Waals surface area (Å²) in [5.74, 6) is 0.506. The Balaban J connectivity index is 1.96. The maximum absolute atomic E-state index is 10.5. The van der Waals surface area contributed by atoms with E-state index in [9.17, 15) is 4.79 Å². The van der Waals surface area contributed by atoms with E-state index < -0.39 is 6.03 Å². The number of nitrogens with one attached hydrogen (secondary N) is 1. The molecule has 3 N–H and O–H groups in total. The molecule has 0 spiro atoms. The number of hydrogen-bond acceptors (Lipinski definition) is 2. The molecule has 1 heterocycles. The lowest BCUT2D eigenvalue weighted by Gasteiger charge is -1.97. The van der Waals surface area contributed by atoms with Crippen molar-refractivity contribution in [2.75, 3.05) is 0 Å². The Hall–Kier alpha value is -1.03. The third kappa shape index (κ3) is 1.83. The van der Waals surface area contributed by atoms with Crippen molar-refractivity contribution < 1.29 is 4.79 Å². The Morgan fingerprint density at radius 1 is 1.69 bits per heavy atom. The summed E-state index contributed by atoms with van der Waals surface area (Å²) >= 11 is 1.80. The van der Waals surface area contributed by atoms with Gasteiger partial charge in [-0.1, -0.05) is 0 Å². The molecule has 0 aromatic carbocycles. The van der Waals surface area contributed by atoms with Crippen molar-refractivity contribution in [3.8, 4) is 0 Å². The zero-order valence-corrected chi connectivity index (χ0v) is 8.23. The Bertz CT molecular complexity index is 334. The normalized spacial score (nSPS) is 25.6. The van der Waals surface area contributed by atoms with Gasteiger partial charge >= 0.3 is 6.03 Å². The topological polar surface area (TPSA) is 55.1 Å². The van der Waals surface area contributed by atoms with E-state index in [4.69, 9.17) is 5.73 Å². The Kier molecular flexibility index (Phi) is 2.00. The van der Waals surface area contributed by atoms with Crippen LogP contribution in [0.1, 0.15) is 22.1 Å². The molecule has 13 heavy (non-hydrogen) atoms. The van der Waals surface area contributed by atoms with Crippen LogP contribution >= 0.6 is 11.3 Å². The average molecular weight is 196 g/mol. The van der Waals surface area contributed by atoms with Crippen LogP contribution < -0.4 is 11.1 Å². The van der Waals surface area contributed by atoms with Crippen LogP contribution in [0.2, 0.25) is 0 Å². The fraction of sp³-hybridized carbons (Fsp3) is 0.444. The Morgan fingerprint density at radius 2 is 2.46 bits per heavy atom. The van der Waals surface area contributed by atoms with Crippen molar-refractivity contribution in [3.63, 3.8) is 0 Å². The first-order valence-corrected chi connectivity index (χ1v) is 5.11. The molecule has 0 bridgehead atoms. The molecule has 1 aliphatic rings. The predicted molar refractivity (Wildman–Crippen MR) is 52.9 cm³/mol. The summed E-state index contributed by atoms with van der Waals surface area (Å²) in [7, 11) is 0. The minimum absolute atomic E-state index is 0.274. The summed E-state index contributed by atoms with van der Waals surface area (Å²) < 4.78 is 0. The SMILES string of the molecule is Cc1ccc(C2CC2NC(N)=O)s1. The molecule has 2 amide bonds. The monoisotopic (exact) mass is 196 g/mol. The van der Waals surface area contributed by atoms with Crippen molar-refractivity contribution in [3.05, 3.63) is 21.9 Å². The van der Waals surface area contributed by atoms with Gasteiger partial charge in [0.2, 0.25) is 0 Å². The molecule has 4 heteroatoms. The van der Waals surface area contributed by atoms with Gasteiger partial charge < -0.3 is 11.1 Å². The standard InChI is InChI=1S/C9H12N2OS/c1-5-2-3-8(13-5)6-4-7(6)11-9(10)12/h2-3,6-7H,4H2,1H3,(H3,10,11,12). The summed E-state index contributed by atoms with van der Waals surface area (Å²) in [6.45, 7) is 2.09. The van der Waals surface area contributed by atoms with Crippen molar-refractivity contribution >= 4 is 17.4 Å². The van der Waals surface area contributed by atoms with Gasteiger partial charge in [0.15, 0.2) is 0 Å². The highest BCUT2D eigenvalue weighted by atomic mass is 32.1. The smallest absolute Gasteiger partial charge is 0.312 e. The van der Waals surface area contributed by atoms with Crippen LogP contribution in [0.4, 0.5) is 4.79 Å². The number of carbonyl (C=O) groups is 1. The van der Waals surface area contributed by atoms with E-state index in [1.807, 2.05) is 0 Å². The maximum Gasteiger partial charge on any atom is 0.312 e. The Labute approximate surface area is 80.9 Å². The number of urea groups is 1. The first kappa shape index (κ1) is 8.56. The third-order valence-corrected chi connectivity index (χ3v) is 3.38. The maximum atomic E-state index is 10.5. The fourth-order valence-corrected chi connectivity index (χ4v) is 2.56.